The van der Waals surface area contributed by atoms with E-state index in [4.69, 9.17) is 9.84 Å². The molecule has 2 N–H and O–H groups in total. The number of nitrogens with one attached hydrogen (secondary N) is 1. The molecular weight excluding hydrogens is 316 g/mol. The molecule has 0 bridgehead atoms. The lowest BCUT2D eigenvalue weighted by Crippen LogP contribution is -2.49. The fourth-order valence-electron chi connectivity index (χ4n) is 2.40. The van der Waals surface area contributed by atoms with Crippen molar-refractivity contribution < 1.29 is 24.4 Å². The van der Waals surface area contributed by atoms with Gasteiger partial charge in [-0.3, -0.25) is 19.7 Å². The first kappa shape index (κ1) is 19.4. The minimum absolute atomic E-state index is 0.0850. The Morgan fingerprint density at radius 2 is 1.92 bits per heavy atom. The third kappa shape index (κ3) is 4.68. The molecule has 0 aliphatic rings. The van der Waals surface area contributed by atoms with Crippen LogP contribution in [0.15, 0.2) is 18.2 Å². The molecule has 0 aromatic heterocycles. The van der Waals surface area contributed by atoms with E-state index < -0.39 is 22.3 Å². The summed E-state index contributed by atoms with van der Waals surface area (Å²) >= 11 is 0. The molecule has 0 saturated carbocycles. The number of rotatable bonds is 9. The molecule has 0 unspecified atom stereocenters. The monoisotopic (exact) mass is 338 g/mol. The second-order valence-electron chi connectivity index (χ2n) is 5.38. The van der Waals surface area contributed by atoms with E-state index in [1.807, 2.05) is 0 Å². The maximum absolute atomic E-state index is 12.4. The van der Waals surface area contributed by atoms with Crippen molar-refractivity contribution in [3.8, 4) is 5.75 Å². The highest BCUT2D eigenvalue weighted by molar-refractivity contribution is 5.96. The molecule has 0 aliphatic carbocycles. The minimum atomic E-state index is -1.02. The molecule has 0 radical (unpaired) electrons. The van der Waals surface area contributed by atoms with Crippen LogP contribution in [0.4, 0.5) is 5.69 Å². The van der Waals surface area contributed by atoms with Crippen LogP contribution >= 0.6 is 0 Å². The topological polar surface area (TPSA) is 119 Å². The number of nitro benzene ring substituents is 1. The molecule has 0 atom stereocenters. The number of hydrogen-bond acceptors (Lipinski definition) is 5. The smallest absolute Gasteiger partial charge is 0.311 e. The number of carbonyl (C=O) groups is 2. The van der Waals surface area contributed by atoms with Crippen LogP contribution in [0.5, 0.6) is 5.75 Å². The lowest BCUT2D eigenvalue weighted by atomic mass is 9.88. The van der Waals surface area contributed by atoms with Gasteiger partial charge in [0.25, 0.3) is 5.91 Å². The molecular formula is C16H22N2O6. The first-order valence-corrected chi connectivity index (χ1v) is 7.74. The van der Waals surface area contributed by atoms with Gasteiger partial charge in [-0.1, -0.05) is 13.8 Å². The first-order valence-electron chi connectivity index (χ1n) is 7.74. The average Bonchev–Trinajstić information content (AvgIpc) is 2.54. The predicted octanol–water partition coefficient (Wildman–Crippen LogP) is 2.76. The third-order valence-electron chi connectivity index (χ3n) is 3.94. The van der Waals surface area contributed by atoms with Gasteiger partial charge in [0, 0.05) is 11.6 Å². The fourth-order valence-corrected chi connectivity index (χ4v) is 2.40. The van der Waals surface area contributed by atoms with Gasteiger partial charge in [-0.25, -0.2) is 0 Å². The summed E-state index contributed by atoms with van der Waals surface area (Å²) in [5.74, 6) is -1.48. The number of carboxylic acid groups (broad SMARTS) is 1. The largest absolute Gasteiger partial charge is 0.487 e. The molecule has 0 saturated heterocycles. The van der Waals surface area contributed by atoms with Crippen molar-refractivity contribution >= 4 is 17.6 Å². The van der Waals surface area contributed by atoms with E-state index >= 15 is 0 Å². The summed E-state index contributed by atoms with van der Waals surface area (Å²) < 4.78 is 5.18. The highest BCUT2D eigenvalue weighted by Crippen LogP contribution is 2.28. The van der Waals surface area contributed by atoms with Crippen LogP contribution in [0.1, 0.15) is 50.4 Å². The molecule has 0 aliphatic heterocycles. The maximum Gasteiger partial charge on any atom is 0.311 e. The third-order valence-corrected chi connectivity index (χ3v) is 3.94. The summed E-state index contributed by atoms with van der Waals surface area (Å²) in [6.45, 7) is 5.54. The van der Waals surface area contributed by atoms with Crippen molar-refractivity contribution in [2.45, 2.75) is 45.6 Å². The summed E-state index contributed by atoms with van der Waals surface area (Å²) in [6, 6.07) is 3.93. The van der Waals surface area contributed by atoms with E-state index in [0.29, 0.717) is 12.8 Å². The van der Waals surface area contributed by atoms with Gasteiger partial charge >= 0.3 is 11.7 Å². The standard InChI is InChI=1S/C16H22N2O6/c1-4-16(5-2,10-14(19)20)17-15(21)11-7-8-13(24-6-3)12(9-11)18(22)23/h7-9H,4-6,10H2,1-3H3,(H,17,21)(H,19,20). The molecule has 0 spiro atoms. The molecule has 132 valence electrons. The van der Waals surface area contributed by atoms with Gasteiger partial charge in [0.1, 0.15) is 0 Å². The van der Waals surface area contributed by atoms with E-state index in [1.54, 1.807) is 20.8 Å². The number of benzene rings is 1. The normalized spacial score (nSPS) is 11.0. The second-order valence-corrected chi connectivity index (χ2v) is 5.38. The Labute approximate surface area is 140 Å². The molecule has 0 heterocycles. The van der Waals surface area contributed by atoms with Gasteiger partial charge in [-0.05, 0) is 31.9 Å². The highest BCUT2D eigenvalue weighted by Gasteiger charge is 2.32. The fraction of sp³-hybridized carbons (Fsp3) is 0.500. The zero-order chi connectivity index (χ0) is 18.3. The van der Waals surface area contributed by atoms with Crippen molar-refractivity contribution in [1.29, 1.82) is 0 Å². The van der Waals surface area contributed by atoms with Crippen LogP contribution in [0.3, 0.4) is 0 Å². The predicted molar refractivity (Wildman–Crippen MR) is 87.3 cm³/mol. The van der Waals surface area contributed by atoms with Crippen molar-refractivity contribution in [3.05, 3.63) is 33.9 Å². The Hall–Kier alpha value is -2.64. The Morgan fingerprint density at radius 1 is 1.29 bits per heavy atom. The minimum Gasteiger partial charge on any atom is -0.487 e. The van der Waals surface area contributed by atoms with Crippen molar-refractivity contribution in [2.24, 2.45) is 0 Å². The van der Waals surface area contributed by atoms with E-state index in [0.717, 1.165) is 6.07 Å². The zero-order valence-electron chi connectivity index (χ0n) is 14.0. The second kappa shape index (κ2) is 8.28. The molecule has 1 aromatic carbocycles. The number of amides is 1. The van der Waals surface area contributed by atoms with Gasteiger partial charge in [-0.15, -0.1) is 0 Å². The van der Waals surface area contributed by atoms with Crippen LogP contribution in [0.2, 0.25) is 0 Å². The lowest BCUT2D eigenvalue weighted by molar-refractivity contribution is -0.385. The van der Waals surface area contributed by atoms with Gasteiger partial charge < -0.3 is 15.2 Å². The number of carbonyl (C=O) groups excluding carboxylic acids is 1. The number of nitro groups is 1. The summed E-state index contributed by atoms with van der Waals surface area (Å²) in [6.07, 6.45) is 0.645. The number of ether oxygens (including phenoxy) is 1. The summed E-state index contributed by atoms with van der Waals surface area (Å²) in [5, 5.41) is 22.9. The SMILES string of the molecule is CCOc1ccc(C(=O)NC(CC)(CC)CC(=O)O)cc1[N+](=O)[O-]. The van der Waals surface area contributed by atoms with Crippen LogP contribution in [-0.2, 0) is 4.79 Å². The molecule has 8 heteroatoms. The zero-order valence-corrected chi connectivity index (χ0v) is 14.0. The molecule has 24 heavy (non-hydrogen) atoms. The quantitative estimate of drug-likeness (QED) is 0.528. The van der Waals surface area contributed by atoms with Crippen molar-refractivity contribution in [2.75, 3.05) is 6.61 Å². The van der Waals surface area contributed by atoms with Crippen LogP contribution < -0.4 is 10.1 Å². The van der Waals surface area contributed by atoms with Gasteiger partial charge in [0.15, 0.2) is 5.75 Å². The molecule has 1 amide bonds. The lowest BCUT2D eigenvalue weighted by Gasteiger charge is -2.31. The van der Waals surface area contributed by atoms with Crippen molar-refractivity contribution in [1.82, 2.24) is 5.32 Å². The van der Waals surface area contributed by atoms with Gasteiger partial charge in [-0.2, -0.15) is 0 Å². The average molecular weight is 338 g/mol. The molecule has 1 aromatic rings. The Kier molecular flexibility index (Phi) is 6.69. The number of aliphatic carboxylic acids is 1. The summed E-state index contributed by atoms with van der Waals surface area (Å²) in [4.78, 5) is 34.0. The summed E-state index contributed by atoms with van der Waals surface area (Å²) in [7, 11) is 0. The summed E-state index contributed by atoms with van der Waals surface area (Å²) in [5.41, 5.74) is -1.11. The highest BCUT2D eigenvalue weighted by atomic mass is 16.6. The Bertz CT molecular complexity index is 625. The number of hydrogen-bond donors (Lipinski definition) is 2. The van der Waals surface area contributed by atoms with Crippen molar-refractivity contribution in [3.63, 3.8) is 0 Å². The number of nitrogens with zero attached hydrogens (tertiary/aromatic N) is 1. The Morgan fingerprint density at radius 3 is 2.38 bits per heavy atom. The van der Waals surface area contributed by atoms with E-state index in [1.165, 1.54) is 12.1 Å². The van der Waals surface area contributed by atoms with Crippen LogP contribution in [0.25, 0.3) is 0 Å². The van der Waals surface area contributed by atoms with Gasteiger partial charge in [0.2, 0.25) is 0 Å². The molecule has 0 fully saturated rings. The Balaban J connectivity index is 3.12. The number of carboxylic acids is 1. The van der Waals surface area contributed by atoms with Crippen LogP contribution in [0, 0.1) is 10.1 Å². The first-order chi connectivity index (χ1) is 11.3. The van der Waals surface area contributed by atoms with E-state index in [-0.39, 0.29) is 30.0 Å². The van der Waals surface area contributed by atoms with E-state index in [9.17, 15) is 19.7 Å². The van der Waals surface area contributed by atoms with Crippen LogP contribution in [-0.4, -0.2) is 34.1 Å². The maximum atomic E-state index is 12.4. The molecule has 1 rings (SSSR count). The van der Waals surface area contributed by atoms with E-state index in [2.05, 4.69) is 5.32 Å². The van der Waals surface area contributed by atoms with Gasteiger partial charge in [0.05, 0.1) is 23.5 Å². The molecule has 8 nitrogen and oxygen atoms in total.